The number of unbranched alkanes of at least 4 members (excludes halogenated alkanes) is 1. The monoisotopic (exact) mass is 364 g/mol. The number of nitrogens with two attached hydrogens (primary N) is 1. The number of primary amides is 1. The molecule has 3 rings (SSSR count). The SMILES string of the molecule is CCCCN(Cc1cccnc1)Cc1cc(=O)c2cc(C(N)=O)ccc2[nH]1. The van der Waals surface area contributed by atoms with E-state index >= 15 is 0 Å². The molecule has 140 valence electrons. The number of hydrogen-bond acceptors (Lipinski definition) is 4. The molecule has 6 heteroatoms. The Balaban J connectivity index is 1.86. The number of amides is 1. The van der Waals surface area contributed by atoms with Crippen LogP contribution in [0.3, 0.4) is 0 Å². The lowest BCUT2D eigenvalue weighted by Crippen LogP contribution is -2.25. The summed E-state index contributed by atoms with van der Waals surface area (Å²) in [7, 11) is 0. The molecule has 3 aromatic rings. The zero-order chi connectivity index (χ0) is 19.2. The number of aromatic nitrogens is 2. The first kappa shape index (κ1) is 18.8. The van der Waals surface area contributed by atoms with Crippen LogP contribution in [0, 0.1) is 0 Å². The summed E-state index contributed by atoms with van der Waals surface area (Å²) >= 11 is 0. The van der Waals surface area contributed by atoms with Gasteiger partial charge in [0.15, 0.2) is 5.43 Å². The highest BCUT2D eigenvalue weighted by atomic mass is 16.1. The summed E-state index contributed by atoms with van der Waals surface area (Å²) in [5.74, 6) is -0.539. The molecule has 0 aliphatic rings. The van der Waals surface area contributed by atoms with Crippen molar-refractivity contribution in [2.24, 2.45) is 5.73 Å². The van der Waals surface area contributed by atoms with Crippen molar-refractivity contribution < 1.29 is 4.79 Å². The first-order chi connectivity index (χ1) is 13.1. The van der Waals surface area contributed by atoms with Gasteiger partial charge in [-0.3, -0.25) is 19.5 Å². The lowest BCUT2D eigenvalue weighted by molar-refractivity contribution is 0.100. The zero-order valence-electron chi connectivity index (χ0n) is 15.4. The molecule has 27 heavy (non-hydrogen) atoms. The lowest BCUT2D eigenvalue weighted by Gasteiger charge is -2.22. The van der Waals surface area contributed by atoms with Crippen LogP contribution in [0.4, 0.5) is 0 Å². The third kappa shape index (κ3) is 4.80. The number of nitrogens with zero attached hydrogens (tertiary/aromatic N) is 2. The van der Waals surface area contributed by atoms with Gasteiger partial charge in [-0.1, -0.05) is 19.4 Å². The van der Waals surface area contributed by atoms with Crippen LogP contribution in [-0.2, 0) is 13.1 Å². The van der Waals surface area contributed by atoms with Gasteiger partial charge in [0.25, 0.3) is 0 Å². The Bertz CT molecular complexity index is 982. The lowest BCUT2D eigenvalue weighted by atomic mass is 10.1. The Hall–Kier alpha value is -2.99. The van der Waals surface area contributed by atoms with Crippen LogP contribution in [0.25, 0.3) is 10.9 Å². The van der Waals surface area contributed by atoms with E-state index in [4.69, 9.17) is 5.73 Å². The number of hydrogen-bond donors (Lipinski definition) is 2. The highest BCUT2D eigenvalue weighted by Gasteiger charge is 2.11. The van der Waals surface area contributed by atoms with Crippen molar-refractivity contribution in [3.05, 3.63) is 75.8 Å². The van der Waals surface area contributed by atoms with Gasteiger partial charge in [-0.2, -0.15) is 0 Å². The number of benzene rings is 1. The summed E-state index contributed by atoms with van der Waals surface area (Å²) in [6.45, 7) is 4.51. The summed E-state index contributed by atoms with van der Waals surface area (Å²) in [6.07, 6.45) is 5.82. The molecule has 6 nitrogen and oxygen atoms in total. The summed E-state index contributed by atoms with van der Waals surface area (Å²) in [5, 5.41) is 0.474. The largest absolute Gasteiger partial charge is 0.366 e. The average molecular weight is 364 g/mol. The second kappa shape index (κ2) is 8.60. The molecule has 0 fully saturated rings. The molecule has 1 aromatic carbocycles. The minimum Gasteiger partial charge on any atom is -0.366 e. The van der Waals surface area contributed by atoms with Gasteiger partial charge in [0, 0.05) is 53.7 Å². The molecule has 0 saturated heterocycles. The van der Waals surface area contributed by atoms with Gasteiger partial charge < -0.3 is 10.7 Å². The number of rotatable bonds is 8. The second-order valence-electron chi connectivity index (χ2n) is 6.71. The molecular weight excluding hydrogens is 340 g/mol. The third-order valence-electron chi connectivity index (χ3n) is 4.52. The Kier molecular flexibility index (Phi) is 5.98. The van der Waals surface area contributed by atoms with Crippen molar-refractivity contribution in [1.29, 1.82) is 0 Å². The smallest absolute Gasteiger partial charge is 0.248 e. The summed E-state index contributed by atoms with van der Waals surface area (Å²) in [4.78, 5) is 33.7. The van der Waals surface area contributed by atoms with Crippen LogP contribution in [0.5, 0.6) is 0 Å². The molecule has 3 N–H and O–H groups in total. The fourth-order valence-electron chi connectivity index (χ4n) is 3.13. The number of pyridine rings is 2. The van der Waals surface area contributed by atoms with Gasteiger partial charge in [-0.25, -0.2) is 0 Å². The Morgan fingerprint density at radius 3 is 2.78 bits per heavy atom. The minimum absolute atomic E-state index is 0.112. The van der Waals surface area contributed by atoms with Gasteiger partial charge in [0.05, 0.1) is 0 Å². The predicted octanol–water partition coefficient (Wildman–Crippen LogP) is 2.82. The summed E-state index contributed by atoms with van der Waals surface area (Å²) < 4.78 is 0. The number of fused-ring (bicyclic) bond motifs is 1. The molecule has 1 amide bonds. The van der Waals surface area contributed by atoms with Crippen LogP contribution in [0.15, 0.2) is 53.6 Å². The molecule has 0 spiro atoms. The molecule has 0 aliphatic heterocycles. The van der Waals surface area contributed by atoms with E-state index in [1.54, 1.807) is 30.5 Å². The van der Waals surface area contributed by atoms with E-state index in [9.17, 15) is 9.59 Å². The first-order valence-electron chi connectivity index (χ1n) is 9.14. The summed E-state index contributed by atoms with van der Waals surface area (Å²) in [6, 6.07) is 10.5. The van der Waals surface area contributed by atoms with Crippen molar-refractivity contribution in [1.82, 2.24) is 14.9 Å². The maximum atomic E-state index is 12.5. The topological polar surface area (TPSA) is 92.1 Å². The maximum absolute atomic E-state index is 12.5. The average Bonchev–Trinajstić information content (AvgIpc) is 2.66. The number of nitrogens with one attached hydrogen (secondary N) is 1. The zero-order valence-corrected chi connectivity index (χ0v) is 15.4. The van der Waals surface area contributed by atoms with E-state index in [1.165, 1.54) is 0 Å². The first-order valence-corrected chi connectivity index (χ1v) is 9.14. The van der Waals surface area contributed by atoms with Gasteiger partial charge in [-0.15, -0.1) is 0 Å². The van der Waals surface area contributed by atoms with Crippen LogP contribution < -0.4 is 11.2 Å². The third-order valence-corrected chi connectivity index (χ3v) is 4.52. The molecule has 2 heterocycles. The van der Waals surface area contributed by atoms with Crippen molar-refractivity contribution in [3.63, 3.8) is 0 Å². The van der Waals surface area contributed by atoms with E-state index in [0.717, 1.165) is 37.2 Å². The van der Waals surface area contributed by atoms with Gasteiger partial charge in [0.1, 0.15) is 0 Å². The molecular formula is C21H24N4O2. The number of aromatic amines is 1. The van der Waals surface area contributed by atoms with Crippen molar-refractivity contribution in [2.75, 3.05) is 6.54 Å². The molecule has 0 unspecified atom stereocenters. The second-order valence-corrected chi connectivity index (χ2v) is 6.71. The Labute approximate surface area is 158 Å². The molecule has 0 saturated carbocycles. The Morgan fingerprint density at radius 2 is 2.07 bits per heavy atom. The molecule has 0 radical (unpaired) electrons. The molecule has 0 aliphatic carbocycles. The quantitative estimate of drug-likeness (QED) is 0.643. The van der Waals surface area contributed by atoms with E-state index in [-0.39, 0.29) is 5.43 Å². The van der Waals surface area contributed by atoms with E-state index in [0.29, 0.717) is 23.0 Å². The predicted molar refractivity (Wildman–Crippen MR) is 106 cm³/mol. The van der Waals surface area contributed by atoms with Crippen molar-refractivity contribution in [2.45, 2.75) is 32.9 Å². The van der Waals surface area contributed by atoms with Crippen LogP contribution in [0.2, 0.25) is 0 Å². The number of carbonyl (C=O) groups excluding carboxylic acids is 1. The highest BCUT2D eigenvalue weighted by Crippen LogP contribution is 2.14. The van der Waals surface area contributed by atoms with Crippen molar-refractivity contribution >= 4 is 16.8 Å². The normalized spacial score (nSPS) is 11.2. The molecule has 0 bridgehead atoms. The van der Waals surface area contributed by atoms with Crippen LogP contribution in [0.1, 0.15) is 41.4 Å². The fraction of sp³-hybridized carbons (Fsp3) is 0.286. The Morgan fingerprint density at radius 1 is 1.22 bits per heavy atom. The van der Waals surface area contributed by atoms with Gasteiger partial charge >= 0.3 is 0 Å². The fourth-order valence-corrected chi connectivity index (χ4v) is 3.13. The summed E-state index contributed by atoms with van der Waals surface area (Å²) in [5.41, 5.74) is 8.23. The van der Waals surface area contributed by atoms with Crippen LogP contribution >= 0.6 is 0 Å². The molecule has 2 aromatic heterocycles. The van der Waals surface area contributed by atoms with Gasteiger partial charge in [-0.05, 0) is 42.8 Å². The maximum Gasteiger partial charge on any atom is 0.248 e. The standard InChI is InChI=1S/C21H24N4O2/c1-2-3-9-25(13-15-5-4-8-23-12-15)14-17-11-20(26)18-10-16(21(22)27)6-7-19(18)24-17/h4-8,10-12H,2-3,9,13-14H2,1H3,(H2,22,27)(H,24,26). The van der Waals surface area contributed by atoms with Crippen LogP contribution in [-0.4, -0.2) is 27.3 Å². The van der Waals surface area contributed by atoms with E-state index < -0.39 is 5.91 Å². The number of H-pyrrole nitrogens is 1. The van der Waals surface area contributed by atoms with Crippen molar-refractivity contribution in [3.8, 4) is 0 Å². The van der Waals surface area contributed by atoms with Gasteiger partial charge in [0.2, 0.25) is 5.91 Å². The minimum atomic E-state index is -0.539. The highest BCUT2D eigenvalue weighted by molar-refractivity contribution is 5.96. The van der Waals surface area contributed by atoms with E-state index in [1.807, 2.05) is 12.3 Å². The molecule has 0 atom stereocenters. The number of carbonyl (C=O) groups is 1. The van der Waals surface area contributed by atoms with E-state index in [2.05, 4.69) is 27.9 Å².